The zero-order chi connectivity index (χ0) is 12.7. The SMILES string of the molecule is CCC(CCO)CNC(C)c1cncc(F)c1. The minimum Gasteiger partial charge on any atom is -0.396 e. The maximum absolute atomic E-state index is 13.0. The zero-order valence-electron chi connectivity index (χ0n) is 10.5. The van der Waals surface area contributed by atoms with E-state index in [4.69, 9.17) is 5.11 Å². The highest BCUT2D eigenvalue weighted by Gasteiger charge is 2.10. The van der Waals surface area contributed by atoms with E-state index in [2.05, 4.69) is 17.2 Å². The second-order valence-corrected chi connectivity index (χ2v) is 4.35. The molecule has 0 radical (unpaired) electrons. The Morgan fingerprint density at radius 1 is 1.47 bits per heavy atom. The van der Waals surface area contributed by atoms with Crippen molar-refractivity contribution in [3.63, 3.8) is 0 Å². The molecule has 0 spiro atoms. The minimum absolute atomic E-state index is 0.0749. The number of aliphatic hydroxyl groups excluding tert-OH is 1. The van der Waals surface area contributed by atoms with Gasteiger partial charge < -0.3 is 10.4 Å². The summed E-state index contributed by atoms with van der Waals surface area (Å²) < 4.78 is 13.0. The topological polar surface area (TPSA) is 45.1 Å². The van der Waals surface area contributed by atoms with E-state index in [1.165, 1.54) is 12.3 Å². The maximum atomic E-state index is 13.0. The van der Waals surface area contributed by atoms with Gasteiger partial charge in [-0.15, -0.1) is 0 Å². The molecule has 4 heteroatoms. The van der Waals surface area contributed by atoms with E-state index in [0.29, 0.717) is 5.92 Å². The van der Waals surface area contributed by atoms with Gasteiger partial charge in [0.05, 0.1) is 6.20 Å². The molecule has 2 N–H and O–H groups in total. The Kier molecular flexibility index (Phi) is 6.08. The molecular weight excluding hydrogens is 219 g/mol. The number of nitrogens with zero attached hydrogens (tertiary/aromatic N) is 1. The van der Waals surface area contributed by atoms with Crippen molar-refractivity contribution in [2.45, 2.75) is 32.7 Å². The fraction of sp³-hybridized carbons (Fsp3) is 0.615. The lowest BCUT2D eigenvalue weighted by atomic mass is 10.0. The lowest BCUT2D eigenvalue weighted by molar-refractivity contribution is 0.249. The number of halogens is 1. The van der Waals surface area contributed by atoms with Crippen LogP contribution in [-0.2, 0) is 0 Å². The van der Waals surface area contributed by atoms with E-state index in [1.807, 2.05) is 6.92 Å². The van der Waals surface area contributed by atoms with E-state index in [9.17, 15) is 4.39 Å². The zero-order valence-corrected chi connectivity index (χ0v) is 10.5. The van der Waals surface area contributed by atoms with E-state index < -0.39 is 0 Å². The fourth-order valence-electron chi connectivity index (χ4n) is 1.76. The Bertz CT molecular complexity index is 333. The first-order chi connectivity index (χ1) is 8.17. The summed E-state index contributed by atoms with van der Waals surface area (Å²) in [6.07, 6.45) is 4.71. The smallest absolute Gasteiger partial charge is 0.141 e. The van der Waals surface area contributed by atoms with Crippen LogP contribution in [0.25, 0.3) is 0 Å². The van der Waals surface area contributed by atoms with Gasteiger partial charge in [0.2, 0.25) is 0 Å². The first-order valence-corrected chi connectivity index (χ1v) is 6.12. The standard InChI is InChI=1S/C13H21FN2O/c1-3-11(4-5-17)7-16-10(2)12-6-13(14)9-15-8-12/h6,8-11,16-17H,3-5,7H2,1-2H3. The third kappa shape index (κ3) is 4.79. The molecule has 1 aromatic rings. The quantitative estimate of drug-likeness (QED) is 0.768. The molecular formula is C13H21FN2O. The molecule has 1 heterocycles. The molecule has 0 bridgehead atoms. The van der Waals surface area contributed by atoms with Crippen LogP contribution < -0.4 is 5.32 Å². The van der Waals surface area contributed by atoms with Crippen LogP contribution in [0.2, 0.25) is 0 Å². The molecule has 17 heavy (non-hydrogen) atoms. The van der Waals surface area contributed by atoms with Crippen LogP contribution >= 0.6 is 0 Å². The van der Waals surface area contributed by atoms with Crippen LogP contribution in [0.15, 0.2) is 18.5 Å². The predicted molar refractivity (Wildman–Crippen MR) is 66.1 cm³/mol. The van der Waals surface area contributed by atoms with Crippen molar-refractivity contribution in [1.82, 2.24) is 10.3 Å². The van der Waals surface area contributed by atoms with Gasteiger partial charge in [-0.1, -0.05) is 13.3 Å². The Labute approximate surface area is 102 Å². The van der Waals surface area contributed by atoms with E-state index in [0.717, 1.165) is 24.9 Å². The van der Waals surface area contributed by atoms with Crippen molar-refractivity contribution in [2.75, 3.05) is 13.2 Å². The molecule has 0 saturated heterocycles. The number of hydrogen-bond acceptors (Lipinski definition) is 3. The van der Waals surface area contributed by atoms with Crippen molar-refractivity contribution >= 4 is 0 Å². The van der Waals surface area contributed by atoms with Crippen molar-refractivity contribution in [1.29, 1.82) is 0 Å². The first kappa shape index (κ1) is 14.1. The van der Waals surface area contributed by atoms with Gasteiger partial charge >= 0.3 is 0 Å². The second-order valence-electron chi connectivity index (χ2n) is 4.35. The average Bonchev–Trinajstić information content (AvgIpc) is 2.34. The molecule has 3 nitrogen and oxygen atoms in total. The summed E-state index contributed by atoms with van der Waals surface area (Å²) >= 11 is 0. The molecule has 1 aromatic heterocycles. The number of pyridine rings is 1. The van der Waals surface area contributed by atoms with Gasteiger partial charge in [-0.05, 0) is 37.4 Å². The highest BCUT2D eigenvalue weighted by atomic mass is 19.1. The van der Waals surface area contributed by atoms with Crippen LogP contribution in [0.5, 0.6) is 0 Å². The van der Waals surface area contributed by atoms with Gasteiger partial charge in [0.1, 0.15) is 5.82 Å². The van der Waals surface area contributed by atoms with E-state index >= 15 is 0 Å². The molecule has 1 rings (SSSR count). The summed E-state index contributed by atoms with van der Waals surface area (Å²) in [4.78, 5) is 3.83. The van der Waals surface area contributed by atoms with Gasteiger partial charge in [0, 0.05) is 18.8 Å². The van der Waals surface area contributed by atoms with Gasteiger partial charge in [0.15, 0.2) is 0 Å². The number of aliphatic hydroxyl groups is 1. The van der Waals surface area contributed by atoms with Gasteiger partial charge in [-0.2, -0.15) is 0 Å². The molecule has 0 amide bonds. The highest BCUT2D eigenvalue weighted by molar-refractivity contribution is 5.14. The van der Waals surface area contributed by atoms with Crippen molar-refractivity contribution in [3.05, 3.63) is 29.8 Å². The number of aromatic nitrogens is 1. The van der Waals surface area contributed by atoms with Crippen molar-refractivity contribution in [3.8, 4) is 0 Å². The molecule has 0 saturated carbocycles. The van der Waals surface area contributed by atoms with E-state index in [-0.39, 0.29) is 18.5 Å². The number of rotatable bonds is 7. The fourth-order valence-corrected chi connectivity index (χ4v) is 1.76. The molecule has 0 fully saturated rings. The third-order valence-electron chi connectivity index (χ3n) is 3.05. The largest absolute Gasteiger partial charge is 0.396 e. The molecule has 2 unspecified atom stereocenters. The van der Waals surface area contributed by atoms with Crippen molar-refractivity contribution in [2.24, 2.45) is 5.92 Å². The number of hydrogen-bond donors (Lipinski definition) is 2. The third-order valence-corrected chi connectivity index (χ3v) is 3.05. The lowest BCUT2D eigenvalue weighted by Crippen LogP contribution is -2.26. The summed E-state index contributed by atoms with van der Waals surface area (Å²) in [5.41, 5.74) is 0.851. The summed E-state index contributed by atoms with van der Waals surface area (Å²) in [5, 5.41) is 12.2. The summed E-state index contributed by atoms with van der Waals surface area (Å²) in [5.74, 6) is 0.155. The molecule has 0 aliphatic heterocycles. The first-order valence-electron chi connectivity index (χ1n) is 6.12. The molecule has 0 aliphatic carbocycles. The van der Waals surface area contributed by atoms with Crippen LogP contribution in [0.3, 0.4) is 0 Å². The van der Waals surface area contributed by atoms with E-state index in [1.54, 1.807) is 6.20 Å². The summed E-state index contributed by atoms with van der Waals surface area (Å²) in [7, 11) is 0. The minimum atomic E-state index is -0.307. The summed E-state index contributed by atoms with van der Waals surface area (Å²) in [6.45, 7) is 5.14. The lowest BCUT2D eigenvalue weighted by Gasteiger charge is -2.19. The molecule has 0 aromatic carbocycles. The Balaban J connectivity index is 2.46. The highest BCUT2D eigenvalue weighted by Crippen LogP contribution is 2.14. The second kappa shape index (κ2) is 7.35. The Morgan fingerprint density at radius 3 is 2.82 bits per heavy atom. The van der Waals surface area contributed by atoms with Crippen LogP contribution in [-0.4, -0.2) is 23.2 Å². The molecule has 96 valence electrons. The average molecular weight is 240 g/mol. The van der Waals surface area contributed by atoms with Crippen LogP contribution in [0.1, 0.15) is 38.3 Å². The molecule has 2 atom stereocenters. The summed E-state index contributed by atoms with van der Waals surface area (Å²) in [6, 6.07) is 1.57. The van der Waals surface area contributed by atoms with Gasteiger partial charge in [0.25, 0.3) is 0 Å². The monoisotopic (exact) mass is 240 g/mol. The van der Waals surface area contributed by atoms with Crippen LogP contribution in [0.4, 0.5) is 4.39 Å². The predicted octanol–water partition coefficient (Wildman–Crippen LogP) is 2.28. The normalized spacial score (nSPS) is 14.6. The molecule has 0 aliphatic rings. The van der Waals surface area contributed by atoms with Crippen molar-refractivity contribution < 1.29 is 9.50 Å². The van der Waals surface area contributed by atoms with Gasteiger partial charge in [-0.3, -0.25) is 4.98 Å². The Morgan fingerprint density at radius 2 is 2.24 bits per heavy atom. The van der Waals surface area contributed by atoms with Gasteiger partial charge in [-0.25, -0.2) is 4.39 Å². The Hall–Kier alpha value is -1.00. The number of nitrogens with one attached hydrogen (secondary N) is 1. The maximum Gasteiger partial charge on any atom is 0.141 e. The van der Waals surface area contributed by atoms with Crippen LogP contribution in [0, 0.1) is 11.7 Å².